The van der Waals surface area contributed by atoms with E-state index in [1.807, 2.05) is 5.43 Å². The molecule has 1 aliphatic rings. The Morgan fingerprint density at radius 3 is 2.54 bits per heavy atom. The molecular weight excluding hydrogens is 310 g/mol. The lowest BCUT2D eigenvalue weighted by Crippen LogP contribution is -2.38. The second kappa shape index (κ2) is 6.84. The van der Waals surface area contributed by atoms with E-state index in [9.17, 15) is 9.59 Å². The maximum absolute atomic E-state index is 12.2. The molecule has 0 aromatic heterocycles. The quantitative estimate of drug-likeness (QED) is 0.339. The van der Waals surface area contributed by atoms with Crippen LogP contribution in [0.3, 0.4) is 0 Å². The van der Waals surface area contributed by atoms with Gasteiger partial charge >= 0.3 is 0 Å². The number of benzene rings is 2. The number of nitrogens with two attached hydrogens (primary N) is 1. The van der Waals surface area contributed by atoms with Crippen molar-refractivity contribution in [1.29, 1.82) is 0 Å². The number of hydrazine groups is 1. The fourth-order valence-corrected chi connectivity index (χ4v) is 2.19. The summed E-state index contributed by atoms with van der Waals surface area (Å²) < 4.78 is 10.5. The summed E-state index contributed by atoms with van der Waals surface area (Å²) in [5.41, 5.74) is 3.12. The van der Waals surface area contributed by atoms with Gasteiger partial charge in [0.05, 0.1) is 0 Å². The number of fused-ring (bicyclic) bond motifs is 1. The van der Waals surface area contributed by atoms with Crippen molar-refractivity contribution in [2.75, 3.05) is 6.79 Å². The number of hydrogen-bond acceptors (Lipinski definition) is 5. The van der Waals surface area contributed by atoms with E-state index < -0.39 is 11.8 Å². The highest BCUT2D eigenvalue weighted by atomic mass is 16.7. The summed E-state index contributed by atoms with van der Waals surface area (Å²) in [5, 5.41) is 2.56. The number of amides is 2. The Hall–Kier alpha value is -3.32. The Morgan fingerprint density at radius 1 is 1.04 bits per heavy atom. The van der Waals surface area contributed by atoms with Gasteiger partial charge in [-0.05, 0) is 35.9 Å². The summed E-state index contributed by atoms with van der Waals surface area (Å²) in [6, 6.07) is 13.7. The van der Waals surface area contributed by atoms with Crippen molar-refractivity contribution in [1.82, 2.24) is 10.7 Å². The minimum absolute atomic E-state index is 0.0187. The van der Waals surface area contributed by atoms with Gasteiger partial charge < -0.3 is 14.8 Å². The first kappa shape index (κ1) is 15.6. The highest BCUT2D eigenvalue weighted by molar-refractivity contribution is 6.05. The van der Waals surface area contributed by atoms with E-state index in [-0.39, 0.29) is 12.5 Å². The summed E-state index contributed by atoms with van der Waals surface area (Å²) in [6.07, 6.45) is 1.50. The third-order valence-corrected chi connectivity index (χ3v) is 3.37. The van der Waals surface area contributed by atoms with Gasteiger partial charge in [0.1, 0.15) is 5.70 Å². The van der Waals surface area contributed by atoms with E-state index in [1.54, 1.807) is 48.5 Å². The van der Waals surface area contributed by atoms with E-state index in [0.717, 1.165) is 0 Å². The average molecular weight is 325 g/mol. The molecule has 3 rings (SSSR count). The molecule has 0 saturated heterocycles. The number of rotatable bonds is 4. The highest BCUT2D eigenvalue weighted by Gasteiger charge is 2.16. The van der Waals surface area contributed by atoms with Crippen LogP contribution in [-0.2, 0) is 4.79 Å². The minimum Gasteiger partial charge on any atom is -0.454 e. The molecule has 7 heteroatoms. The van der Waals surface area contributed by atoms with E-state index in [4.69, 9.17) is 15.3 Å². The Labute approximate surface area is 138 Å². The minimum atomic E-state index is -0.614. The lowest BCUT2D eigenvalue weighted by Gasteiger charge is -2.09. The molecule has 0 aliphatic carbocycles. The maximum atomic E-state index is 12.2. The van der Waals surface area contributed by atoms with Crippen LogP contribution >= 0.6 is 0 Å². The molecule has 1 aliphatic heterocycles. The van der Waals surface area contributed by atoms with Gasteiger partial charge in [0.15, 0.2) is 11.5 Å². The first-order chi connectivity index (χ1) is 11.7. The molecule has 4 N–H and O–H groups in total. The monoisotopic (exact) mass is 325 g/mol. The summed E-state index contributed by atoms with van der Waals surface area (Å²) in [4.78, 5) is 24.2. The molecule has 0 atom stereocenters. The molecule has 2 amide bonds. The van der Waals surface area contributed by atoms with Crippen molar-refractivity contribution in [3.05, 3.63) is 65.4 Å². The molecule has 1 heterocycles. The fraction of sp³-hybridized carbons (Fsp3) is 0.0588. The first-order valence-corrected chi connectivity index (χ1v) is 7.16. The van der Waals surface area contributed by atoms with Gasteiger partial charge in [-0.15, -0.1) is 0 Å². The molecule has 0 spiro atoms. The van der Waals surface area contributed by atoms with Crippen LogP contribution in [0.25, 0.3) is 6.08 Å². The third-order valence-electron chi connectivity index (χ3n) is 3.37. The molecule has 0 fully saturated rings. The molecule has 2 aromatic carbocycles. The van der Waals surface area contributed by atoms with E-state index in [2.05, 4.69) is 5.32 Å². The van der Waals surface area contributed by atoms with Gasteiger partial charge in [-0.25, -0.2) is 5.84 Å². The zero-order valence-electron chi connectivity index (χ0n) is 12.6. The summed E-state index contributed by atoms with van der Waals surface area (Å²) in [5.74, 6) is 5.37. The number of carbonyl (C=O) groups is 2. The smallest absolute Gasteiger partial charge is 0.281 e. The van der Waals surface area contributed by atoms with Gasteiger partial charge in [-0.1, -0.05) is 24.3 Å². The van der Waals surface area contributed by atoms with Crippen molar-refractivity contribution in [2.45, 2.75) is 0 Å². The number of nitrogens with one attached hydrogen (secondary N) is 2. The van der Waals surface area contributed by atoms with Gasteiger partial charge in [0.2, 0.25) is 6.79 Å². The van der Waals surface area contributed by atoms with Crippen molar-refractivity contribution >= 4 is 17.9 Å². The van der Waals surface area contributed by atoms with Crippen LogP contribution in [0.15, 0.2) is 54.2 Å². The van der Waals surface area contributed by atoms with Gasteiger partial charge in [0, 0.05) is 5.56 Å². The molecular formula is C17H15N3O4. The van der Waals surface area contributed by atoms with Crippen molar-refractivity contribution in [3.8, 4) is 11.5 Å². The molecule has 0 bridgehead atoms. The lowest BCUT2D eigenvalue weighted by atomic mass is 10.1. The Morgan fingerprint density at radius 2 is 1.79 bits per heavy atom. The second-order valence-corrected chi connectivity index (χ2v) is 4.96. The standard InChI is InChI=1S/C17H15N3O4/c18-20-17(22)13(19-16(21)12-4-2-1-3-5-12)8-11-6-7-14-15(9-11)24-10-23-14/h1-9H,10,18H2,(H,19,21)(H,20,22)/b13-8-. The Bertz CT molecular complexity index is 803. The van der Waals surface area contributed by atoms with Crippen molar-refractivity contribution < 1.29 is 19.1 Å². The highest BCUT2D eigenvalue weighted by Crippen LogP contribution is 2.33. The van der Waals surface area contributed by atoms with Crippen LogP contribution in [0.4, 0.5) is 0 Å². The number of hydrogen-bond donors (Lipinski definition) is 3. The van der Waals surface area contributed by atoms with E-state index in [0.29, 0.717) is 22.6 Å². The van der Waals surface area contributed by atoms with Crippen molar-refractivity contribution in [2.24, 2.45) is 5.84 Å². The van der Waals surface area contributed by atoms with Gasteiger partial charge in [0.25, 0.3) is 11.8 Å². The van der Waals surface area contributed by atoms with Crippen molar-refractivity contribution in [3.63, 3.8) is 0 Å². The zero-order valence-corrected chi connectivity index (χ0v) is 12.6. The predicted molar refractivity (Wildman–Crippen MR) is 86.8 cm³/mol. The summed E-state index contributed by atoms with van der Waals surface area (Å²) in [6.45, 7) is 0.156. The molecule has 0 unspecified atom stereocenters. The topological polar surface area (TPSA) is 103 Å². The normalized spacial score (nSPS) is 12.6. The van der Waals surface area contributed by atoms with Gasteiger partial charge in [-0.3, -0.25) is 15.0 Å². The van der Waals surface area contributed by atoms with Crippen LogP contribution in [-0.4, -0.2) is 18.6 Å². The molecule has 2 aromatic rings. The molecule has 24 heavy (non-hydrogen) atoms. The lowest BCUT2D eigenvalue weighted by molar-refractivity contribution is -0.117. The van der Waals surface area contributed by atoms with Crippen LogP contribution in [0.1, 0.15) is 15.9 Å². The van der Waals surface area contributed by atoms with Crippen LogP contribution in [0.2, 0.25) is 0 Å². The Kier molecular flexibility index (Phi) is 4.44. The molecule has 0 radical (unpaired) electrons. The van der Waals surface area contributed by atoms with E-state index >= 15 is 0 Å². The fourth-order valence-electron chi connectivity index (χ4n) is 2.19. The SMILES string of the molecule is NNC(=O)/C(=C/c1ccc2c(c1)OCO2)NC(=O)c1ccccc1. The molecule has 7 nitrogen and oxygen atoms in total. The molecule has 122 valence electrons. The predicted octanol–water partition coefficient (Wildman–Crippen LogP) is 1.18. The van der Waals surface area contributed by atoms with Crippen LogP contribution < -0.4 is 26.1 Å². The van der Waals surface area contributed by atoms with E-state index in [1.165, 1.54) is 6.08 Å². The second-order valence-electron chi connectivity index (χ2n) is 4.96. The summed E-state index contributed by atoms with van der Waals surface area (Å²) in [7, 11) is 0. The van der Waals surface area contributed by atoms with Crippen LogP contribution in [0.5, 0.6) is 11.5 Å². The first-order valence-electron chi connectivity index (χ1n) is 7.16. The summed E-state index contributed by atoms with van der Waals surface area (Å²) >= 11 is 0. The van der Waals surface area contributed by atoms with Gasteiger partial charge in [-0.2, -0.15) is 0 Å². The zero-order chi connectivity index (χ0) is 16.9. The largest absolute Gasteiger partial charge is 0.454 e. The number of ether oxygens (including phenoxy) is 2. The maximum Gasteiger partial charge on any atom is 0.281 e. The van der Waals surface area contributed by atoms with Crippen LogP contribution in [0, 0.1) is 0 Å². The third kappa shape index (κ3) is 3.36. The molecule has 0 saturated carbocycles. The number of carbonyl (C=O) groups excluding carboxylic acids is 2. The Balaban J connectivity index is 1.86. The average Bonchev–Trinajstić information content (AvgIpc) is 3.09.